The Kier molecular flexibility index (Phi) is 2.60. The molecule has 2 aromatic rings. The Morgan fingerprint density at radius 1 is 1.44 bits per heavy atom. The predicted octanol–water partition coefficient (Wildman–Crippen LogP) is 2.72. The van der Waals surface area contributed by atoms with Crippen molar-refractivity contribution in [3.63, 3.8) is 0 Å². The molecular weight excluding hydrogens is 200 g/mol. The minimum absolute atomic E-state index is 0.0318. The topological polar surface area (TPSA) is 34.9 Å². The lowest BCUT2D eigenvalue weighted by Crippen LogP contribution is -2.02. The molecule has 3 nitrogen and oxygen atoms in total. The van der Waals surface area contributed by atoms with Crippen molar-refractivity contribution in [2.45, 2.75) is 13.3 Å². The maximum Gasteiger partial charge on any atom is 0.187 e. The Bertz CT molecular complexity index is 566. The minimum atomic E-state index is 0.0318. The normalized spacial score (nSPS) is 10.6. The Morgan fingerprint density at radius 3 is 2.81 bits per heavy atom. The van der Waals surface area contributed by atoms with Crippen LogP contribution in [-0.4, -0.2) is 15.6 Å². The van der Waals surface area contributed by atoms with Gasteiger partial charge in [-0.25, -0.2) is 0 Å². The first-order valence-corrected chi connectivity index (χ1v) is 5.19. The number of rotatable bonds is 3. The molecule has 3 heteroatoms. The fraction of sp³-hybridized carbons (Fsp3) is 0.231. The van der Waals surface area contributed by atoms with Crippen LogP contribution in [0, 0.1) is 0 Å². The summed E-state index contributed by atoms with van der Waals surface area (Å²) in [5.74, 6) is 0.0318. The van der Waals surface area contributed by atoms with Crippen LogP contribution in [0.15, 0.2) is 36.4 Å². The lowest BCUT2D eigenvalue weighted by Gasteiger charge is -1.96. The molecule has 0 spiro atoms. The summed E-state index contributed by atoms with van der Waals surface area (Å²) in [6.45, 7) is 5.60. The number of hydrogen-bond acceptors (Lipinski definition) is 2. The van der Waals surface area contributed by atoms with Crippen molar-refractivity contribution in [3.05, 3.63) is 42.1 Å². The number of carbonyl (C=O) groups is 1. The van der Waals surface area contributed by atoms with E-state index < -0.39 is 0 Å². The number of benzene rings is 1. The van der Waals surface area contributed by atoms with Gasteiger partial charge in [-0.1, -0.05) is 30.4 Å². The third-order valence-corrected chi connectivity index (χ3v) is 2.48. The SMILES string of the molecule is C=C(C)CC(=O)c1nn(C)c2ccccc12. The molecule has 0 unspecified atom stereocenters. The van der Waals surface area contributed by atoms with E-state index >= 15 is 0 Å². The summed E-state index contributed by atoms with van der Waals surface area (Å²) >= 11 is 0. The van der Waals surface area contributed by atoms with Gasteiger partial charge < -0.3 is 0 Å². The summed E-state index contributed by atoms with van der Waals surface area (Å²) in [4.78, 5) is 11.9. The average Bonchev–Trinajstić information content (AvgIpc) is 2.56. The van der Waals surface area contributed by atoms with Crippen LogP contribution >= 0.6 is 0 Å². The average molecular weight is 214 g/mol. The molecule has 0 aliphatic heterocycles. The zero-order valence-corrected chi connectivity index (χ0v) is 9.53. The molecule has 0 N–H and O–H groups in total. The second kappa shape index (κ2) is 3.93. The van der Waals surface area contributed by atoms with Crippen molar-refractivity contribution in [1.29, 1.82) is 0 Å². The minimum Gasteiger partial charge on any atom is -0.292 e. The van der Waals surface area contributed by atoms with Gasteiger partial charge in [0.15, 0.2) is 5.78 Å². The van der Waals surface area contributed by atoms with Gasteiger partial charge in [-0.15, -0.1) is 0 Å². The maximum absolute atomic E-state index is 11.9. The molecule has 0 radical (unpaired) electrons. The highest BCUT2D eigenvalue weighted by Crippen LogP contribution is 2.19. The number of hydrogen-bond donors (Lipinski definition) is 0. The quantitative estimate of drug-likeness (QED) is 0.581. The molecule has 82 valence electrons. The summed E-state index contributed by atoms with van der Waals surface area (Å²) < 4.78 is 1.74. The van der Waals surface area contributed by atoms with E-state index in [0.717, 1.165) is 16.5 Å². The van der Waals surface area contributed by atoms with E-state index in [9.17, 15) is 4.79 Å². The summed E-state index contributed by atoms with van der Waals surface area (Å²) in [6, 6.07) is 7.74. The van der Waals surface area contributed by atoms with Gasteiger partial charge in [-0.3, -0.25) is 9.48 Å². The van der Waals surface area contributed by atoms with E-state index in [4.69, 9.17) is 0 Å². The third-order valence-electron chi connectivity index (χ3n) is 2.48. The van der Waals surface area contributed by atoms with Gasteiger partial charge in [0.05, 0.1) is 5.52 Å². The van der Waals surface area contributed by atoms with Crippen molar-refractivity contribution in [2.24, 2.45) is 7.05 Å². The fourth-order valence-electron chi connectivity index (χ4n) is 1.78. The molecule has 1 heterocycles. The molecule has 0 bridgehead atoms. The maximum atomic E-state index is 11.9. The largest absolute Gasteiger partial charge is 0.292 e. The number of ketones is 1. The lowest BCUT2D eigenvalue weighted by atomic mass is 10.1. The number of nitrogens with zero attached hydrogens (tertiary/aromatic N) is 2. The standard InChI is InChI=1S/C13H14N2O/c1-9(2)8-12(16)13-10-6-4-5-7-11(10)15(3)14-13/h4-7H,1,8H2,2-3H3. The van der Waals surface area contributed by atoms with E-state index in [-0.39, 0.29) is 5.78 Å². The zero-order chi connectivity index (χ0) is 11.7. The van der Waals surface area contributed by atoms with E-state index in [0.29, 0.717) is 12.1 Å². The second-order valence-corrected chi connectivity index (χ2v) is 4.05. The van der Waals surface area contributed by atoms with Crippen molar-refractivity contribution in [1.82, 2.24) is 9.78 Å². The molecule has 0 aliphatic rings. The summed E-state index contributed by atoms with van der Waals surface area (Å²) in [5.41, 5.74) is 2.38. The Hall–Kier alpha value is -1.90. The number of aromatic nitrogens is 2. The first kappa shape index (κ1) is 10.6. The number of Topliss-reactive ketones (excluding diaryl/α,β-unsaturated/α-hetero) is 1. The van der Waals surface area contributed by atoms with Crippen molar-refractivity contribution in [2.75, 3.05) is 0 Å². The van der Waals surface area contributed by atoms with Gasteiger partial charge in [-0.2, -0.15) is 5.10 Å². The van der Waals surface area contributed by atoms with Gasteiger partial charge in [0.25, 0.3) is 0 Å². The number of carbonyl (C=O) groups excluding carboxylic acids is 1. The van der Waals surface area contributed by atoms with Crippen LogP contribution in [0.4, 0.5) is 0 Å². The molecule has 2 rings (SSSR count). The Labute approximate surface area is 94.4 Å². The predicted molar refractivity (Wildman–Crippen MR) is 64.5 cm³/mol. The monoisotopic (exact) mass is 214 g/mol. The van der Waals surface area contributed by atoms with E-state index in [2.05, 4.69) is 11.7 Å². The molecule has 0 saturated carbocycles. The van der Waals surface area contributed by atoms with Crippen LogP contribution < -0.4 is 0 Å². The third kappa shape index (κ3) is 1.76. The highest BCUT2D eigenvalue weighted by molar-refractivity contribution is 6.06. The van der Waals surface area contributed by atoms with Gasteiger partial charge in [0, 0.05) is 18.9 Å². The number of aryl methyl sites for hydroxylation is 1. The molecule has 0 saturated heterocycles. The first-order chi connectivity index (χ1) is 7.59. The molecule has 16 heavy (non-hydrogen) atoms. The molecule has 1 aromatic carbocycles. The molecule has 0 fully saturated rings. The number of allylic oxidation sites excluding steroid dienone is 1. The van der Waals surface area contributed by atoms with Crippen molar-refractivity contribution in [3.8, 4) is 0 Å². The van der Waals surface area contributed by atoms with Crippen LogP contribution in [0.2, 0.25) is 0 Å². The molecular formula is C13H14N2O. The van der Waals surface area contributed by atoms with E-state index in [1.54, 1.807) is 4.68 Å². The van der Waals surface area contributed by atoms with Gasteiger partial charge >= 0.3 is 0 Å². The Balaban J connectivity index is 2.53. The van der Waals surface area contributed by atoms with Crippen LogP contribution in [0.1, 0.15) is 23.8 Å². The Morgan fingerprint density at radius 2 is 2.12 bits per heavy atom. The number of para-hydroxylation sites is 1. The summed E-state index contributed by atoms with van der Waals surface area (Å²) in [7, 11) is 1.85. The molecule has 0 atom stereocenters. The molecule has 0 amide bonds. The van der Waals surface area contributed by atoms with E-state index in [1.807, 2.05) is 38.2 Å². The van der Waals surface area contributed by atoms with Crippen LogP contribution in [0.3, 0.4) is 0 Å². The van der Waals surface area contributed by atoms with Gasteiger partial charge in [0.1, 0.15) is 5.69 Å². The van der Waals surface area contributed by atoms with Crippen LogP contribution in [0.25, 0.3) is 10.9 Å². The smallest absolute Gasteiger partial charge is 0.187 e. The van der Waals surface area contributed by atoms with Crippen molar-refractivity contribution < 1.29 is 4.79 Å². The van der Waals surface area contributed by atoms with Crippen molar-refractivity contribution >= 4 is 16.7 Å². The van der Waals surface area contributed by atoms with Crippen LogP contribution in [0.5, 0.6) is 0 Å². The highest BCUT2D eigenvalue weighted by Gasteiger charge is 2.15. The second-order valence-electron chi connectivity index (χ2n) is 4.05. The number of fused-ring (bicyclic) bond motifs is 1. The van der Waals surface area contributed by atoms with E-state index in [1.165, 1.54) is 0 Å². The lowest BCUT2D eigenvalue weighted by molar-refractivity contribution is 0.0989. The molecule has 1 aromatic heterocycles. The van der Waals surface area contributed by atoms with Gasteiger partial charge in [0.2, 0.25) is 0 Å². The summed E-state index contributed by atoms with van der Waals surface area (Å²) in [6.07, 6.45) is 0.362. The van der Waals surface area contributed by atoms with Crippen LogP contribution in [-0.2, 0) is 7.05 Å². The van der Waals surface area contributed by atoms with Gasteiger partial charge in [-0.05, 0) is 13.0 Å². The molecule has 0 aliphatic carbocycles. The summed E-state index contributed by atoms with van der Waals surface area (Å²) in [5, 5.41) is 5.18. The fourth-order valence-corrected chi connectivity index (χ4v) is 1.78. The zero-order valence-electron chi connectivity index (χ0n) is 9.53. The highest BCUT2D eigenvalue weighted by atomic mass is 16.1. The first-order valence-electron chi connectivity index (χ1n) is 5.19.